The monoisotopic (exact) mass is 270 g/mol. The Morgan fingerprint density at radius 3 is 2.58 bits per heavy atom. The van der Waals surface area contributed by atoms with Gasteiger partial charge in [0.2, 0.25) is 0 Å². The van der Waals surface area contributed by atoms with Crippen molar-refractivity contribution < 1.29 is 14.3 Å². The third kappa shape index (κ3) is 9.63. The average Bonchev–Trinajstić information content (AvgIpc) is 2.89. The van der Waals surface area contributed by atoms with Crippen molar-refractivity contribution in [2.45, 2.75) is 19.3 Å². The van der Waals surface area contributed by atoms with Crippen molar-refractivity contribution >= 4 is 18.5 Å². The van der Waals surface area contributed by atoms with E-state index in [1.807, 2.05) is 0 Å². The summed E-state index contributed by atoms with van der Waals surface area (Å²) in [6, 6.07) is -0.117. The van der Waals surface area contributed by atoms with E-state index in [9.17, 15) is 9.59 Å². The summed E-state index contributed by atoms with van der Waals surface area (Å²) in [5.74, 6) is 0. The number of nitrogens with one attached hydrogen (secondary N) is 2. The summed E-state index contributed by atoms with van der Waals surface area (Å²) >= 11 is 0. The molecular formula is C12H22N4O3. The fourth-order valence-corrected chi connectivity index (χ4v) is 1.21. The first-order chi connectivity index (χ1) is 8.99. The maximum atomic E-state index is 10.7. The molecule has 0 aromatic carbocycles. The minimum atomic E-state index is -0.580. The van der Waals surface area contributed by atoms with Gasteiger partial charge in [-0.2, -0.15) is 4.99 Å². The summed E-state index contributed by atoms with van der Waals surface area (Å²) in [7, 11) is 6.44. The second-order valence-electron chi connectivity index (χ2n) is 4.00. The van der Waals surface area contributed by atoms with Crippen LogP contribution in [0.2, 0.25) is 0 Å². The lowest BCUT2D eigenvalue weighted by Crippen LogP contribution is -2.31. The van der Waals surface area contributed by atoms with Crippen molar-refractivity contribution in [2.75, 3.05) is 28.3 Å². The lowest BCUT2D eigenvalue weighted by Gasteiger charge is -2.02. The summed E-state index contributed by atoms with van der Waals surface area (Å²) in [6.07, 6.45) is 6.14. The summed E-state index contributed by atoms with van der Waals surface area (Å²) in [5.41, 5.74) is 1.05. The van der Waals surface area contributed by atoms with Crippen LogP contribution in [0.5, 0.6) is 0 Å². The van der Waals surface area contributed by atoms with Crippen LogP contribution in [0, 0.1) is 0 Å². The first-order valence-electron chi connectivity index (χ1n) is 5.96. The molecular weight excluding hydrogens is 248 g/mol. The van der Waals surface area contributed by atoms with Gasteiger partial charge in [0.15, 0.2) is 0 Å². The molecule has 0 heterocycles. The molecule has 2 N–H and O–H groups in total. The normalized spacial score (nSPS) is 13.2. The maximum absolute atomic E-state index is 10.7. The zero-order valence-electron chi connectivity index (χ0n) is 11.9. The maximum Gasteiger partial charge on any atom is 0.434 e. The summed E-state index contributed by atoms with van der Waals surface area (Å²) in [4.78, 5) is 26.0. The SMILES string of the molecule is CNC(=O)NC1=CCCC1.COC(=O)N=CN(C)C. The van der Waals surface area contributed by atoms with Gasteiger partial charge in [0.1, 0.15) is 0 Å². The molecule has 108 valence electrons. The van der Waals surface area contributed by atoms with E-state index in [4.69, 9.17) is 0 Å². The number of allylic oxidation sites excluding steroid dienone is 2. The Morgan fingerprint density at radius 2 is 2.16 bits per heavy atom. The fraction of sp³-hybridized carbons (Fsp3) is 0.583. The molecule has 0 atom stereocenters. The summed E-state index contributed by atoms with van der Waals surface area (Å²) < 4.78 is 4.24. The van der Waals surface area contributed by atoms with Crippen LogP contribution in [-0.2, 0) is 4.74 Å². The van der Waals surface area contributed by atoms with Gasteiger partial charge in [-0.3, -0.25) is 0 Å². The van der Waals surface area contributed by atoms with Gasteiger partial charge < -0.3 is 20.3 Å². The topological polar surface area (TPSA) is 83.0 Å². The molecule has 0 spiro atoms. The van der Waals surface area contributed by atoms with Gasteiger partial charge in [0.25, 0.3) is 0 Å². The number of ether oxygens (including phenoxy) is 1. The molecule has 0 aliphatic heterocycles. The van der Waals surface area contributed by atoms with Crippen LogP contribution in [0.3, 0.4) is 0 Å². The second-order valence-corrected chi connectivity index (χ2v) is 4.00. The third-order valence-corrected chi connectivity index (χ3v) is 2.11. The van der Waals surface area contributed by atoms with Crippen LogP contribution in [0.1, 0.15) is 19.3 Å². The third-order valence-electron chi connectivity index (χ3n) is 2.11. The van der Waals surface area contributed by atoms with Gasteiger partial charge in [0.05, 0.1) is 13.4 Å². The number of amides is 3. The van der Waals surface area contributed by atoms with E-state index in [-0.39, 0.29) is 6.03 Å². The Balaban J connectivity index is 0.000000344. The molecule has 0 aromatic rings. The van der Waals surface area contributed by atoms with Crippen molar-refractivity contribution in [1.82, 2.24) is 15.5 Å². The van der Waals surface area contributed by atoms with Crippen molar-refractivity contribution in [2.24, 2.45) is 4.99 Å². The predicted molar refractivity (Wildman–Crippen MR) is 74.1 cm³/mol. The van der Waals surface area contributed by atoms with E-state index >= 15 is 0 Å². The van der Waals surface area contributed by atoms with Crippen LogP contribution in [-0.4, -0.2) is 51.6 Å². The first-order valence-corrected chi connectivity index (χ1v) is 5.96. The molecule has 0 saturated heterocycles. The number of hydrogen-bond donors (Lipinski definition) is 2. The Labute approximate surface area is 113 Å². The molecule has 0 aromatic heterocycles. The molecule has 0 radical (unpaired) electrons. The lowest BCUT2D eigenvalue weighted by atomic mass is 10.3. The Bertz CT molecular complexity index is 351. The fourth-order valence-electron chi connectivity index (χ4n) is 1.21. The average molecular weight is 270 g/mol. The molecule has 7 nitrogen and oxygen atoms in total. The number of nitrogens with zero attached hydrogens (tertiary/aromatic N) is 2. The zero-order valence-corrected chi connectivity index (χ0v) is 11.9. The van der Waals surface area contributed by atoms with E-state index in [2.05, 4.69) is 26.4 Å². The minimum absolute atomic E-state index is 0.117. The predicted octanol–water partition coefficient (Wildman–Crippen LogP) is 1.33. The molecule has 7 heteroatoms. The molecule has 1 aliphatic carbocycles. The van der Waals surface area contributed by atoms with Crippen LogP contribution in [0.25, 0.3) is 0 Å². The Hall–Kier alpha value is -2.05. The van der Waals surface area contributed by atoms with E-state index in [0.717, 1.165) is 18.5 Å². The highest BCUT2D eigenvalue weighted by molar-refractivity contribution is 5.78. The van der Waals surface area contributed by atoms with Gasteiger partial charge in [-0.15, -0.1) is 0 Å². The highest BCUT2D eigenvalue weighted by Gasteiger charge is 2.05. The first kappa shape index (κ1) is 16.9. The number of hydrogen-bond acceptors (Lipinski definition) is 3. The van der Waals surface area contributed by atoms with E-state index in [0.29, 0.717) is 0 Å². The Kier molecular flexibility index (Phi) is 8.86. The molecule has 1 aliphatic rings. The minimum Gasteiger partial charge on any atom is -0.451 e. The van der Waals surface area contributed by atoms with Gasteiger partial charge in [0, 0.05) is 26.8 Å². The van der Waals surface area contributed by atoms with Crippen molar-refractivity contribution in [3.8, 4) is 0 Å². The standard InChI is InChI=1S/C7H12N2O.C5H10N2O2/c1-8-7(10)9-6-4-2-3-5-6;1-7(2)4-6-5(8)9-3/h4H,2-3,5H2,1H3,(H2,8,9,10);4H,1-3H3. The van der Waals surface area contributed by atoms with Crippen LogP contribution in [0.4, 0.5) is 9.59 Å². The van der Waals surface area contributed by atoms with E-state index in [1.165, 1.54) is 19.9 Å². The molecule has 1 rings (SSSR count). The number of carbonyl (C=O) groups is 2. The van der Waals surface area contributed by atoms with Gasteiger partial charge in [-0.05, 0) is 19.3 Å². The molecule has 3 amide bonds. The highest BCUT2D eigenvalue weighted by atomic mass is 16.5. The number of carbonyl (C=O) groups excluding carboxylic acids is 2. The number of rotatable bonds is 2. The van der Waals surface area contributed by atoms with Crippen molar-refractivity contribution in [1.29, 1.82) is 0 Å². The van der Waals surface area contributed by atoms with E-state index < -0.39 is 6.09 Å². The van der Waals surface area contributed by atoms with Crippen LogP contribution < -0.4 is 10.6 Å². The van der Waals surface area contributed by atoms with Crippen LogP contribution in [0.15, 0.2) is 16.8 Å². The molecule has 19 heavy (non-hydrogen) atoms. The molecule has 0 fully saturated rings. The highest BCUT2D eigenvalue weighted by Crippen LogP contribution is 2.13. The Morgan fingerprint density at radius 1 is 1.47 bits per heavy atom. The van der Waals surface area contributed by atoms with Gasteiger partial charge >= 0.3 is 12.1 Å². The zero-order chi connectivity index (χ0) is 14.7. The van der Waals surface area contributed by atoms with Gasteiger partial charge in [-0.1, -0.05) is 6.08 Å². The molecule has 0 bridgehead atoms. The van der Waals surface area contributed by atoms with Crippen molar-refractivity contribution in [3.05, 3.63) is 11.8 Å². The van der Waals surface area contributed by atoms with Crippen LogP contribution >= 0.6 is 0 Å². The lowest BCUT2D eigenvalue weighted by molar-refractivity contribution is 0.182. The molecule has 0 saturated carbocycles. The quantitative estimate of drug-likeness (QED) is 0.585. The number of aliphatic imine (C=N–C) groups is 1. The number of urea groups is 1. The largest absolute Gasteiger partial charge is 0.451 e. The van der Waals surface area contributed by atoms with Crippen molar-refractivity contribution in [3.63, 3.8) is 0 Å². The summed E-state index contributed by atoms with van der Waals surface area (Å²) in [5, 5.41) is 5.24. The second kappa shape index (κ2) is 9.93. The molecule has 0 unspecified atom stereocenters. The van der Waals surface area contributed by atoms with E-state index in [1.54, 1.807) is 26.0 Å². The summed E-state index contributed by atoms with van der Waals surface area (Å²) in [6.45, 7) is 0. The van der Waals surface area contributed by atoms with Gasteiger partial charge in [-0.25, -0.2) is 9.59 Å². The number of methoxy groups -OCH3 is 1. The smallest absolute Gasteiger partial charge is 0.434 e.